The van der Waals surface area contributed by atoms with E-state index < -0.39 is 27.3 Å². The summed E-state index contributed by atoms with van der Waals surface area (Å²) in [7, 11) is -2.05. The molecule has 138 valence electrons. The van der Waals surface area contributed by atoms with Crippen LogP contribution in [0.1, 0.15) is 23.2 Å². The van der Waals surface area contributed by atoms with Gasteiger partial charge in [0.25, 0.3) is 5.91 Å². The van der Waals surface area contributed by atoms with E-state index in [0.717, 1.165) is 0 Å². The molecule has 0 radical (unpaired) electrons. The average molecular weight is 387 g/mol. The van der Waals surface area contributed by atoms with Crippen molar-refractivity contribution in [3.05, 3.63) is 29.8 Å². The molecule has 2 N–H and O–H groups in total. The highest BCUT2D eigenvalue weighted by Gasteiger charge is 2.41. The summed E-state index contributed by atoms with van der Waals surface area (Å²) < 4.78 is 28.9. The van der Waals surface area contributed by atoms with E-state index in [1.807, 2.05) is 0 Å². The quantitative estimate of drug-likeness (QED) is 0.723. The van der Waals surface area contributed by atoms with E-state index in [-0.39, 0.29) is 22.8 Å². The predicted octanol–water partition coefficient (Wildman–Crippen LogP) is 1.19. The third-order valence-electron chi connectivity index (χ3n) is 4.14. The van der Waals surface area contributed by atoms with Crippen LogP contribution in [0.4, 0.5) is 0 Å². The van der Waals surface area contributed by atoms with E-state index in [2.05, 4.69) is 5.32 Å². The molecular formula is C16H21NO6S2. The number of hydrogen-bond acceptors (Lipinski definition) is 6. The van der Waals surface area contributed by atoms with Crippen molar-refractivity contribution in [3.63, 3.8) is 0 Å². The molecule has 0 saturated carbocycles. The highest BCUT2D eigenvalue weighted by Crippen LogP contribution is 2.28. The number of carbonyl (C=O) groups excluding carboxylic acids is 1. The first-order valence-corrected chi connectivity index (χ1v) is 10.6. The molecule has 7 nitrogen and oxygen atoms in total. The minimum absolute atomic E-state index is 0.0870. The lowest BCUT2D eigenvalue weighted by atomic mass is 9.92. The van der Waals surface area contributed by atoms with Crippen LogP contribution in [0.5, 0.6) is 0 Å². The lowest BCUT2D eigenvalue weighted by Gasteiger charge is -2.33. The molecule has 1 aliphatic heterocycles. The van der Waals surface area contributed by atoms with Crippen molar-refractivity contribution in [3.8, 4) is 0 Å². The normalized spacial score (nSPS) is 17.0. The Morgan fingerprint density at radius 2 is 1.84 bits per heavy atom. The van der Waals surface area contributed by atoms with Gasteiger partial charge in [0.2, 0.25) is 0 Å². The zero-order valence-corrected chi connectivity index (χ0v) is 15.5. The number of carbonyl (C=O) groups is 2. The minimum atomic E-state index is -3.47. The molecule has 1 heterocycles. The van der Waals surface area contributed by atoms with Gasteiger partial charge in [0.15, 0.2) is 9.84 Å². The molecule has 1 aliphatic rings. The summed E-state index contributed by atoms with van der Waals surface area (Å²) in [6, 6.07) is 5.48. The maximum Gasteiger partial charge on any atom is 0.329 e. The number of carboxylic acids is 1. The number of sulfone groups is 1. The molecule has 0 aromatic heterocycles. The molecule has 0 spiro atoms. The van der Waals surface area contributed by atoms with Crippen molar-refractivity contribution >= 4 is 33.5 Å². The molecule has 0 unspecified atom stereocenters. The molecule has 9 heteroatoms. The number of rotatable bonds is 7. The highest BCUT2D eigenvalue weighted by molar-refractivity contribution is 7.99. The van der Waals surface area contributed by atoms with E-state index in [1.54, 1.807) is 11.8 Å². The number of methoxy groups -OCH3 is 1. The third kappa shape index (κ3) is 4.74. The summed E-state index contributed by atoms with van der Waals surface area (Å²) >= 11 is 1.66. The molecule has 2 rings (SSSR count). The maximum absolute atomic E-state index is 12.4. The van der Waals surface area contributed by atoms with Crippen LogP contribution in [0, 0.1) is 0 Å². The standard InChI is InChI=1S/C16H21NO6S2/c1-23-8-11-25(21,22)13-4-2-12(3-5-13)14(18)17-16(15(19)20)6-9-24-10-7-16/h2-5H,6-11H2,1H3,(H,17,18)(H,19,20). The number of hydrogen-bond donors (Lipinski definition) is 2. The lowest BCUT2D eigenvalue weighted by molar-refractivity contribution is -0.144. The minimum Gasteiger partial charge on any atom is -0.480 e. The topological polar surface area (TPSA) is 110 Å². The van der Waals surface area contributed by atoms with E-state index >= 15 is 0 Å². The van der Waals surface area contributed by atoms with Gasteiger partial charge in [0.05, 0.1) is 17.3 Å². The van der Waals surface area contributed by atoms with E-state index in [4.69, 9.17) is 4.74 Å². The van der Waals surface area contributed by atoms with Crippen molar-refractivity contribution in [2.45, 2.75) is 23.3 Å². The second kappa shape index (κ2) is 8.20. The Morgan fingerprint density at radius 3 is 2.36 bits per heavy atom. The largest absolute Gasteiger partial charge is 0.480 e. The summed E-state index contributed by atoms with van der Waals surface area (Å²) in [6.45, 7) is 0.0870. The van der Waals surface area contributed by atoms with Crippen LogP contribution >= 0.6 is 11.8 Å². The Hall–Kier alpha value is -1.58. The number of ether oxygens (including phenoxy) is 1. The van der Waals surface area contributed by atoms with Crippen LogP contribution in [0.15, 0.2) is 29.2 Å². The first-order valence-electron chi connectivity index (χ1n) is 7.76. The number of carboxylic acid groups (broad SMARTS) is 1. The van der Waals surface area contributed by atoms with Crippen molar-refractivity contribution < 1.29 is 27.9 Å². The molecule has 1 aromatic rings. The van der Waals surface area contributed by atoms with Crippen LogP contribution in [0.2, 0.25) is 0 Å². The number of nitrogens with one attached hydrogen (secondary N) is 1. The number of amides is 1. The molecule has 0 bridgehead atoms. The number of benzene rings is 1. The molecule has 1 amide bonds. The van der Waals surface area contributed by atoms with Crippen molar-refractivity contribution in [2.24, 2.45) is 0 Å². The van der Waals surface area contributed by atoms with Gasteiger partial charge in [-0.15, -0.1) is 0 Å². The Balaban J connectivity index is 2.13. The van der Waals surface area contributed by atoms with Crippen LogP contribution in [0.3, 0.4) is 0 Å². The zero-order chi connectivity index (χ0) is 18.5. The first-order chi connectivity index (χ1) is 11.8. The zero-order valence-electron chi connectivity index (χ0n) is 13.9. The maximum atomic E-state index is 12.4. The van der Waals surface area contributed by atoms with Crippen molar-refractivity contribution in [1.29, 1.82) is 0 Å². The van der Waals surface area contributed by atoms with Crippen molar-refractivity contribution in [1.82, 2.24) is 5.32 Å². The Labute approximate surface area is 151 Å². The fraction of sp³-hybridized carbons (Fsp3) is 0.500. The lowest BCUT2D eigenvalue weighted by Crippen LogP contribution is -2.56. The Morgan fingerprint density at radius 1 is 1.24 bits per heavy atom. The van der Waals surface area contributed by atoms with Crippen molar-refractivity contribution in [2.75, 3.05) is 31.0 Å². The first kappa shape index (κ1) is 19.7. The van der Waals surface area contributed by atoms with Gasteiger partial charge in [-0.25, -0.2) is 13.2 Å². The van der Waals surface area contributed by atoms with Gasteiger partial charge in [0.1, 0.15) is 5.54 Å². The fourth-order valence-corrected chi connectivity index (χ4v) is 4.89. The van der Waals surface area contributed by atoms with Gasteiger partial charge >= 0.3 is 5.97 Å². The van der Waals surface area contributed by atoms with Gasteiger partial charge in [-0.3, -0.25) is 4.79 Å². The predicted molar refractivity (Wildman–Crippen MR) is 94.8 cm³/mol. The smallest absolute Gasteiger partial charge is 0.329 e. The molecular weight excluding hydrogens is 366 g/mol. The summed E-state index contributed by atoms with van der Waals surface area (Å²) in [4.78, 5) is 24.1. The number of thioether (sulfide) groups is 1. The molecule has 0 atom stereocenters. The van der Waals surface area contributed by atoms with Gasteiger partial charge < -0.3 is 15.2 Å². The second-order valence-electron chi connectivity index (χ2n) is 5.79. The molecule has 0 aliphatic carbocycles. The van der Waals surface area contributed by atoms with Crippen LogP contribution in [-0.4, -0.2) is 61.9 Å². The number of aliphatic carboxylic acids is 1. The summed E-state index contributed by atoms with van der Waals surface area (Å²) in [5, 5.41) is 12.1. The van der Waals surface area contributed by atoms with Gasteiger partial charge in [-0.2, -0.15) is 11.8 Å². The molecule has 1 fully saturated rings. The molecule has 1 saturated heterocycles. The van der Waals surface area contributed by atoms with Gasteiger partial charge in [-0.05, 0) is 48.6 Å². The van der Waals surface area contributed by atoms with E-state index in [1.165, 1.54) is 31.4 Å². The van der Waals surface area contributed by atoms with Crippen LogP contribution in [0.25, 0.3) is 0 Å². The highest BCUT2D eigenvalue weighted by atomic mass is 32.2. The Kier molecular flexibility index (Phi) is 6.47. The van der Waals surface area contributed by atoms with E-state index in [9.17, 15) is 23.1 Å². The fourth-order valence-electron chi connectivity index (χ4n) is 2.53. The average Bonchev–Trinajstić information content (AvgIpc) is 2.61. The molecule has 25 heavy (non-hydrogen) atoms. The Bertz CT molecular complexity index is 723. The van der Waals surface area contributed by atoms with Gasteiger partial charge in [-0.1, -0.05) is 0 Å². The summed E-state index contributed by atoms with van der Waals surface area (Å²) in [5.74, 6) is -0.364. The third-order valence-corrected chi connectivity index (χ3v) is 6.82. The second-order valence-corrected chi connectivity index (χ2v) is 9.12. The monoisotopic (exact) mass is 387 g/mol. The molecule has 1 aromatic carbocycles. The summed E-state index contributed by atoms with van der Waals surface area (Å²) in [5.41, 5.74) is -1.03. The van der Waals surface area contributed by atoms with Gasteiger partial charge in [0, 0.05) is 12.7 Å². The van der Waals surface area contributed by atoms with E-state index in [0.29, 0.717) is 24.3 Å². The van der Waals surface area contributed by atoms with Crippen LogP contribution in [-0.2, 0) is 19.4 Å². The summed E-state index contributed by atoms with van der Waals surface area (Å²) in [6.07, 6.45) is 0.727. The SMILES string of the molecule is COCCS(=O)(=O)c1ccc(C(=O)NC2(C(=O)O)CCSCC2)cc1. The van der Waals surface area contributed by atoms with Crippen LogP contribution < -0.4 is 5.32 Å².